The van der Waals surface area contributed by atoms with Gasteiger partial charge in [0.15, 0.2) is 17.2 Å². The molecule has 3 rings (SSSR count). The highest BCUT2D eigenvalue weighted by atomic mass is 19.4. The molecule has 214 valence electrons. The lowest BCUT2D eigenvalue weighted by molar-refractivity contribution is -0.264. The van der Waals surface area contributed by atoms with Gasteiger partial charge in [-0.3, -0.25) is 9.20 Å². The number of aromatic nitrogens is 3. The number of hydrogen-bond acceptors (Lipinski definition) is 6. The molecule has 0 aliphatic heterocycles. The number of alkyl halides is 9. The SMILES string of the molecule is CC(=O)NCC(O)(c1ccc(C)c(-c2cnc3c(N)nc(C(F)(F)F)cn23)c1)C(F)(F)F.O=C(O)C(F)(F)F. The third-order valence-electron chi connectivity index (χ3n) is 5.10. The molecule has 9 nitrogen and oxygen atoms in total. The summed E-state index contributed by atoms with van der Waals surface area (Å²) in [4.78, 5) is 27.2. The molecule has 0 aliphatic rings. The second kappa shape index (κ2) is 10.6. The van der Waals surface area contributed by atoms with Gasteiger partial charge < -0.3 is 21.3 Å². The van der Waals surface area contributed by atoms with Gasteiger partial charge in [-0.2, -0.15) is 39.5 Å². The van der Waals surface area contributed by atoms with Crippen LogP contribution in [0.3, 0.4) is 0 Å². The van der Waals surface area contributed by atoms with E-state index >= 15 is 0 Å². The van der Waals surface area contributed by atoms with Gasteiger partial charge in [0.05, 0.1) is 18.4 Å². The third-order valence-corrected chi connectivity index (χ3v) is 5.10. The molecule has 0 bridgehead atoms. The fraction of sp³-hybridized carbons (Fsp3) is 0.333. The molecule has 18 heteroatoms. The summed E-state index contributed by atoms with van der Waals surface area (Å²) in [7, 11) is 0. The van der Waals surface area contributed by atoms with Gasteiger partial charge in [0.25, 0.3) is 0 Å². The van der Waals surface area contributed by atoms with Gasteiger partial charge in [0.2, 0.25) is 11.5 Å². The number of carbonyl (C=O) groups is 2. The number of nitrogens with one attached hydrogen (secondary N) is 1. The Bertz CT molecular complexity index is 1380. The van der Waals surface area contributed by atoms with E-state index in [9.17, 15) is 49.4 Å². The number of aryl methyl sites for hydroxylation is 1. The zero-order valence-electron chi connectivity index (χ0n) is 19.6. The zero-order valence-corrected chi connectivity index (χ0v) is 19.6. The first-order valence-corrected chi connectivity index (χ1v) is 10.3. The number of nitrogens with two attached hydrogens (primary N) is 1. The average Bonchev–Trinajstić information content (AvgIpc) is 3.20. The highest BCUT2D eigenvalue weighted by Crippen LogP contribution is 2.41. The molecule has 1 atom stereocenters. The van der Waals surface area contributed by atoms with E-state index in [0.717, 1.165) is 29.7 Å². The molecule has 0 spiro atoms. The van der Waals surface area contributed by atoms with Crippen molar-refractivity contribution in [2.24, 2.45) is 0 Å². The van der Waals surface area contributed by atoms with Crippen molar-refractivity contribution in [1.82, 2.24) is 19.7 Å². The van der Waals surface area contributed by atoms with Gasteiger partial charge in [-0.25, -0.2) is 14.8 Å². The van der Waals surface area contributed by atoms with Crippen molar-refractivity contribution in [2.45, 2.75) is 38.0 Å². The Hall–Kier alpha value is -4.09. The summed E-state index contributed by atoms with van der Waals surface area (Å²) in [5, 5.41) is 19.5. The molecule has 0 fully saturated rings. The monoisotopic (exact) mass is 575 g/mol. The number of rotatable bonds is 4. The second-order valence-electron chi connectivity index (χ2n) is 7.95. The van der Waals surface area contributed by atoms with E-state index in [1.807, 2.05) is 5.32 Å². The van der Waals surface area contributed by atoms with Crippen molar-refractivity contribution < 1.29 is 59.3 Å². The minimum Gasteiger partial charge on any atom is -0.475 e. The van der Waals surface area contributed by atoms with Crippen LogP contribution >= 0.6 is 0 Å². The van der Waals surface area contributed by atoms with Crippen LogP contribution < -0.4 is 11.1 Å². The first kappa shape index (κ1) is 31.1. The van der Waals surface area contributed by atoms with Crippen LogP contribution in [0, 0.1) is 6.92 Å². The Labute approximate surface area is 212 Å². The lowest BCUT2D eigenvalue weighted by Gasteiger charge is -2.31. The number of aliphatic hydroxyl groups is 1. The molecule has 5 N–H and O–H groups in total. The van der Waals surface area contributed by atoms with E-state index in [2.05, 4.69) is 9.97 Å². The standard InChI is InChI=1S/C19H17F6N5O2.C2HF3O2/c1-9-3-4-11(17(32,19(23,24)25)8-28-10(2)31)5-12(9)13-6-27-16-15(26)29-14(7-30(13)16)18(20,21)22;3-2(4,5)1(6)7/h3-7,32H,8H2,1-2H3,(H2,26,29)(H,28,31);(H,6,7). The molecular formula is C21H18F9N5O4. The Morgan fingerprint density at radius 1 is 1.08 bits per heavy atom. The maximum Gasteiger partial charge on any atom is 0.490 e. The Morgan fingerprint density at radius 3 is 2.10 bits per heavy atom. The number of amides is 1. The number of halogens is 9. The lowest BCUT2D eigenvalue weighted by Crippen LogP contribution is -2.50. The molecule has 1 amide bonds. The lowest BCUT2D eigenvalue weighted by atomic mass is 9.89. The smallest absolute Gasteiger partial charge is 0.475 e. The van der Waals surface area contributed by atoms with E-state index in [1.165, 1.54) is 13.0 Å². The first-order chi connectivity index (χ1) is 17.6. The first-order valence-electron chi connectivity index (χ1n) is 10.3. The average molecular weight is 575 g/mol. The number of anilines is 1. The summed E-state index contributed by atoms with van der Waals surface area (Å²) >= 11 is 0. The normalized spacial score (nSPS) is 13.8. The maximum absolute atomic E-state index is 13.7. The quantitative estimate of drug-likeness (QED) is 0.347. The number of carboxylic acid groups (broad SMARTS) is 1. The Balaban J connectivity index is 0.000000673. The van der Waals surface area contributed by atoms with Crippen LogP contribution in [-0.4, -0.2) is 55.4 Å². The van der Waals surface area contributed by atoms with Crippen molar-refractivity contribution in [3.8, 4) is 11.3 Å². The van der Waals surface area contributed by atoms with Crippen molar-refractivity contribution in [3.63, 3.8) is 0 Å². The zero-order chi connectivity index (χ0) is 30.1. The van der Waals surface area contributed by atoms with Crippen molar-refractivity contribution in [1.29, 1.82) is 0 Å². The number of carboxylic acids is 1. The molecule has 3 aromatic rings. The van der Waals surface area contributed by atoms with E-state index in [0.29, 0.717) is 11.8 Å². The molecule has 2 aromatic heterocycles. The predicted octanol–water partition coefficient (Wildman–Crippen LogP) is 3.83. The van der Waals surface area contributed by atoms with E-state index in [-0.39, 0.29) is 16.9 Å². The van der Waals surface area contributed by atoms with Crippen molar-refractivity contribution >= 4 is 23.3 Å². The number of benzene rings is 1. The number of nitrogens with zero attached hydrogens (tertiary/aromatic N) is 3. The molecule has 1 unspecified atom stereocenters. The van der Waals surface area contributed by atoms with Gasteiger partial charge in [0, 0.05) is 18.7 Å². The van der Waals surface area contributed by atoms with Crippen molar-refractivity contribution in [2.75, 3.05) is 12.3 Å². The molecule has 0 saturated carbocycles. The van der Waals surface area contributed by atoms with E-state index in [4.69, 9.17) is 15.6 Å². The number of nitrogen functional groups attached to an aromatic ring is 1. The maximum atomic E-state index is 13.7. The number of imidazole rings is 1. The Morgan fingerprint density at radius 2 is 1.64 bits per heavy atom. The summed E-state index contributed by atoms with van der Waals surface area (Å²) in [6.45, 7) is 1.36. The van der Waals surface area contributed by atoms with E-state index in [1.54, 1.807) is 0 Å². The van der Waals surface area contributed by atoms with Crippen LogP contribution in [0.4, 0.5) is 45.3 Å². The minimum atomic E-state index is -5.17. The van der Waals surface area contributed by atoms with Gasteiger partial charge in [-0.15, -0.1) is 0 Å². The largest absolute Gasteiger partial charge is 0.490 e. The molecule has 0 radical (unpaired) electrons. The van der Waals surface area contributed by atoms with Crippen molar-refractivity contribution in [3.05, 3.63) is 47.4 Å². The summed E-state index contributed by atoms with van der Waals surface area (Å²) in [5.74, 6) is -4.06. The number of aliphatic carboxylic acids is 1. The number of hydrogen-bond donors (Lipinski definition) is 4. The van der Waals surface area contributed by atoms with Crippen LogP contribution in [0.5, 0.6) is 0 Å². The molecular weight excluding hydrogens is 557 g/mol. The van der Waals surface area contributed by atoms with Crippen LogP contribution in [-0.2, 0) is 21.4 Å². The second-order valence-corrected chi connectivity index (χ2v) is 7.95. The van der Waals surface area contributed by atoms with Crippen LogP contribution in [0.1, 0.15) is 23.7 Å². The molecule has 39 heavy (non-hydrogen) atoms. The fourth-order valence-electron chi connectivity index (χ4n) is 3.12. The fourth-order valence-corrected chi connectivity index (χ4v) is 3.12. The van der Waals surface area contributed by atoms with E-state index < -0.39 is 59.6 Å². The highest BCUT2D eigenvalue weighted by Gasteiger charge is 2.55. The van der Waals surface area contributed by atoms with Crippen LogP contribution in [0.15, 0.2) is 30.6 Å². The summed E-state index contributed by atoms with van der Waals surface area (Å²) in [6.07, 6.45) is -13.3. The summed E-state index contributed by atoms with van der Waals surface area (Å²) < 4.78 is 113. The molecule has 0 saturated heterocycles. The van der Waals surface area contributed by atoms with Gasteiger partial charge in [-0.05, 0) is 24.1 Å². The van der Waals surface area contributed by atoms with Crippen LogP contribution in [0.25, 0.3) is 16.9 Å². The minimum absolute atomic E-state index is 0.00278. The predicted molar refractivity (Wildman–Crippen MR) is 115 cm³/mol. The number of fused-ring (bicyclic) bond motifs is 1. The Kier molecular flexibility index (Phi) is 8.45. The van der Waals surface area contributed by atoms with Crippen LogP contribution in [0.2, 0.25) is 0 Å². The van der Waals surface area contributed by atoms with Gasteiger partial charge in [-0.1, -0.05) is 12.1 Å². The summed E-state index contributed by atoms with van der Waals surface area (Å²) in [5.41, 5.74) is 0.549. The molecule has 2 heterocycles. The molecule has 1 aromatic carbocycles. The summed E-state index contributed by atoms with van der Waals surface area (Å²) in [6, 6.07) is 3.27. The molecule has 0 aliphatic carbocycles. The number of carbonyl (C=O) groups excluding carboxylic acids is 1. The third kappa shape index (κ3) is 6.87. The topological polar surface area (TPSA) is 143 Å². The highest BCUT2D eigenvalue weighted by molar-refractivity contribution is 5.74. The van der Waals surface area contributed by atoms with Gasteiger partial charge >= 0.3 is 24.5 Å². The van der Waals surface area contributed by atoms with Gasteiger partial charge in [0.1, 0.15) is 0 Å².